The van der Waals surface area contributed by atoms with E-state index in [2.05, 4.69) is 39.1 Å². The quantitative estimate of drug-likeness (QED) is 0.548. The lowest BCUT2D eigenvalue weighted by molar-refractivity contribution is 1.35. The first-order valence-corrected chi connectivity index (χ1v) is 7.03. The van der Waals surface area contributed by atoms with Gasteiger partial charge in [-0.15, -0.1) is 11.3 Å². The maximum atomic E-state index is 6.10. The van der Waals surface area contributed by atoms with Crippen molar-refractivity contribution in [2.45, 2.75) is 0 Å². The zero-order valence-electron chi connectivity index (χ0n) is 8.65. The molecule has 3 rings (SSSR count). The van der Waals surface area contributed by atoms with Crippen LogP contribution in [0.2, 0.25) is 5.15 Å². The van der Waals surface area contributed by atoms with Gasteiger partial charge in [-0.05, 0) is 27.6 Å². The number of fused-ring (bicyclic) bond motifs is 1. The largest absolute Gasteiger partial charge is 0.243 e. The Labute approximate surface area is 116 Å². The highest BCUT2D eigenvalue weighted by molar-refractivity contribution is 9.10. The number of nitrogens with zero attached hydrogens (tertiary/aromatic N) is 1. The highest BCUT2D eigenvalue weighted by Gasteiger charge is 2.10. The summed E-state index contributed by atoms with van der Waals surface area (Å²) in [7, 11) is 0. The van der Waals surface area contributed by atoms with E-state index in [1.165, 1.54) is 10.4 Å². The summed E-state index contributed by atoms with van der Waals surface area (Å²) >= 11 is 11.3. The lowest BCUT2D eigenvalue weighted by atomic mass is 10.2. The smallest absolute Gasteiger partial charge is 0.137 e. The zero-order valence-corrected chi connectivity index (χ0v) is 11.8. The maximum absolute atomic E-state index is 6.10. The molecule has 0 radical (unpaired) electrons. The second kappa shape index (κ2) is 4.41. The summed E-state index contributed by atoms with van der Waals surface area (Å²) in [6.45, 7) is 0. The topological polar surface area (TPSA) is 12.9 Å². The van der Waals surface area contributed by atoms with Crippen LogP contribution < -0.4 is 0 Å². The van der Waals surface area contributed by atoms with Gasteiger partial charge in [0.25, 0.3) is 0 Å². The first-order chi connectivity index (χ1) is 8.25. The van der Waals surface area contributed by atoms with E-state index >= 15 is 0 Å². The van der Waals surface area contributed by atoms with Crippen molar-refractivity contribution in [2.75, 3.05) is 0 Å². The van der Waals surface area contributed by atoms with Gasteiger partial charge >= 0.3 is 0 Å². The molecule has 0 N–H and O–H groups in total. The minimum absolute atomic E-state index is 0.557. The van der Waals surface area contributed by atoms with Crippen LogP contribution in [0, 0.1) is 0 Å². The first kappa shape index (κ1) is 11.2. The number of thiophene rings is 1. The van der Waals surface area contributed by atoms with Gasteiger partial charge in [0.2, 0.25) is 0 Å². The fourth-order valence-electron chi connectivity index (χ4n) is 1.71. The van der Waals surface area contributed by atoms with E-state index < -0.39 is 0 Å². The van der Waals surface area contributed by atoms with Gasteiger partial charge in [0, 0.05) is 16.5 Å². The van der Waals surface area contributed by atoms with Crippen LogP contribution in [-0.2, 0) is 0 Å². The van der Waals surface area contributed by atoms with Crippen LogP contribution >= 0.6 is 38.9 Å². The molecule has 3 aromatic rings. The molecule has 2 aromatic heterocycles. The molecule has 1 aromatic carbocycles. The number of hydrogen-bond acceptors (Lipinski definition) is 2. The van der Waals surface area contributed by atoms with Gasteiger partial charge in [-0.25, -0.2) is 4.98 Å². The van der Waals surface area contributed by atoms with Crippen LogP contribution in [0.4, 0.5) is 0 Å². The van der Waals surface area contributed by atoms with Crippen LogP contribution in [0.25, 0.3) is 20.5 Å². The zero-order chi connectivity index (χ0) is 11.8. The van der Waals surface area contributed by atoms with Crippen molar-refractivity contribution < 1.29 is 0 Å². The summed E-state index contributed by atoms with van der Waals surface area (Å²) in [5.74, 6) is 0. The molecule has 0 aliphatic heterocycles. The molecular weight excluding hydrogens is 318 g/mol. The summed E-state index contributed by atoms with van der Waals surface area (Å²) in [6.07, 6.45) is 1.75. The average Bonchev–Trinajstić information content (AvgIpc) is 2.81. The van der Waals surface area contributed by atoms with Crippen LogP contribution in [-0.4, -0.2) is 4.98 Å². The fourth-order valence-corrected chi connectivity index (χ4v) is 3.59. The van der Waals surface area contributed by atoms with E-state index in [0.29, 0.717) is 5.15 Å². The van der Waals surface area contributed by atoms with Crippen molar-refractivity contribution >= 4 is 49.0 Å². The van der Waals surface area contributed by atoms with Gasteiger partial charge in [-0.3, -0.25) is 0 Å². The van der Waals surface area contributed by atoms with Crippen molar-refractivity contribution in [3.8, 4) is 10.4 Å². The Balaban J connectivity index is 2.27. The second-order valence-electron chi connectivity index (χ2n) is 3.62. The van der Waals surface area contributed by atoms with Gasteiger partial charge in [0.15, 0.2) is 0 Å². The minimum atomic E-state index is 0.557. The van der Waals surface area contributed by atoms with E-state index in [0.717, 1.165) is 14.6 Å². The molecule has 0 unspecified atom stereocenters. The monoisotopic (exact) mass is 323 g/mol. The molecule has 0 aliphatic rings. The number of aromatic nitrogens is 1. The van der Waals surface area contributed by atoms with E-state index in [1.54, 1.807) is 17.5 Å². The molecule has 0 saturated carbocycles. The van der Waals surface area contributed by atoms with E-state index in [-0.39, 0.29) is 0 Å². The molecule has 4 heteroatoms. The van der Waals surface area contributed by atoms with Crippen LogP contribution in [0.1, 0.15) is 0 Å². The first-order valence-electron chi connectivity index (χ1n) is 5.04. The molecule has 0 bridgehead atoms. The molecule has 0 atom stereocenters. The van der Waals surface area contributed by atoms with Crippen molar-refractivity contribution in [1.29, 1.82) is 0 Å². The van der Waals surface area contributed by atoms with Gasteiger partial charge in [0.05, 0.1) is 9.17 Å². The summed E-state index contributed by atoms with van der Waals surface area (Å²) in [5.41, 5.74) is 1.21. The Hall–Kier alpha value is -0.900. The van der Waals surface area contributed by atoms with Crippen LogP contribution in [0.5, 0.6) is 0 Å². The maximum Gasteiger partial charge on any atom is 0.137 e. The molecule has 17 heavy (non-hydrogen) atoms. The fraction of sp³-hybridized carbons (Fsp3) is 0. The SMILES string of the molecule is Clc1ncc(Br)c2sc(-c3ccccc3)cc12. The van der Waals surface area contributed by atoms with Gasteiger partial charge < -0.3 is 0 Å². The number of halogens is 2. The van der Waals surface area contributed by atoms with E-state index in [9.17, 15) is 0 Å². The molecule has 0 saturated heterocycles. The molecule has 0 aliphatic carbocycles. The molecule has 0 spiro atoms. The summed E-state index contributed by atoms with van der Waals surface area (Å²) in [5, 5.41) is 1.56. The lowest BCUT2D eigenvalue weighted by Crippen LogP contribution is -1.74. The highest BCUT2D eigenvalue weighted by Crippen LogP contribution is 2.39. The van der Waals surface area contributed by atoms with Crippen molar-refractivity contribution in [3.63, 3.8) is 0 Å². The molecule has 0 amide bonds. The standard InChI is InChI=1S/C13H7BrClNS/c14-10-7-16-13(15)9-6-11(17-12(9)10)8-4-2-1-3-5-8/h1-7H. The van der Waals surface area contributed by atoms with E-state index in [1.807, 2.05) is 18.2 Å². The molecular formula is C13H7BrClNS. The Morgan fingerprint density at radius 3 is 2.65 bits per heavy atom. The van der Waals surface area contributed by atoms with Gasteiger partial charge in [-0.2, -0.15) is 0 Å². The summed E-state index contributed by atoms with van der Waals surface area (Å²) in [6, 6.07) is 12.4. The number of rotatable bonds is 1. The third-order valence-corrected chi connectivity index (χ3v) is 4.90. The summed E-state index contributed by atoms with van der Waals surface area (Å²) in [4.78, 5) is 5.34. The Morgan fingerprint density at radius 2 is 1.94 bits per heavy atom. The van der Waals surface area contributed by atoms with Crippen molar-refractivity contribution in [3.05, 3.63) is 52.2 Å². The highest BCUT2D eigenvalue weighted by atomic mass is 79.9. The summed E-state index contributed by atoms with van der Waals surface area (Å²) < 4.78 is 2.13. The molecule has 84 valence electrons. The van der Waals surface area contributed by atoms with Gasteiger partial charge in [0.1, 0.15) is 5.15 Å². The average molecular weight is 325 g/mol. The van der Waals surface area contributed by atoms with Crippen LogP contribution in [0.3, 0.4) is 0 Å². The van der Waals surface area contributed by atoms with Crippen LogP contribution in [0.15, 0.2) is 47.1 Å². The van der Waals surface area contributed by atoms with Gasteiger partial charge in [-0.1, -0.05) is 41.9 Å². The number of benzene rings is 1. The molecule has 1 nitrogen and oxygen atoms in total. The second-order valence-corrected chi connectivity index (χ2v) is 5.88. The van der Waals surface area contributed by atoms with Crippen molar-refractivity contribution in [2.24, 2.45) is 0 Å². The van der Waals surface area contributed by atoms with Crippen molar-refractivity contribution in [1.82, 2.24) is 4.98 Å². The Bertz CT molecular complexity index is 639. The van der Waals surface area contributed by atoms with E-state index in [4.69, 9.17) is 11.6 Å². The number of pyridine rings is 1. The number of hydrogen-bond donors (Lipinski definition) is 0. The predicted octanol–water partition coefficient (Wildman–Crippen LogP) is 5.38. The normalized spacial score (nSPS) is 10.9. The predicted molar refractivity (Wildman–Crippen MR) is 77.8 cm³/mol. The lowest BCUT2D eigenvalue weighted by Gasteiger charge is -1.94. The third-order valence-electron chi connectivity index (χ3n) is 2.52. The minimum Gasteiger partial charge on any atom is -0.243 e. The Morgan fingerprint density at radius 1 is 1.18 bits per heavy atom. The Kier molecular flexibility index (Phi) is 2.90. The molecule has 2 heterocycles. The molecule has 0 fully saturated rings. The third kappa shape index (κ3) is 1.99.